The number of phenols is 1. The van der Waals surface area contributed by atoms with Crippen LogP contribution in [0.15, 0.2) is 84.5 Å². The zero-order valence-corrected chi connectivity index (χ0v) is 11.6. The Morgan fingerprint density at radius 2 is 1.52 bits per heavy atom. The molecule has 0 amide bonds. The van der Waals surface area contributed by atoms with Crippen LogP contribution in [0, 0.1) is 0 Å². The van der Waals surface area contributed by atoms with Gasteiger partial charge in [-0.15, -0.1) is 0 Å². The number of carbonyl (C=O) groups excluding carboxylic acids is 1. The first-order valence-corrected chi connectivity index (χ1v) is 6.72. The van der Waals surface area contributed by atoms with Crippen molar-refractivity contribution in [1.29, 1.82) is 0 Å². The molecule has 0 unspecified atom stereocenters. The number of phenolic OH excluding ortho intramolecular Hbond substituents is 1. The fourth-order valence-corrected chi connectivity index (χ4v) is 1.97. The highest BCUT2D eigenvalue weighted by Gasteiger charge is 2.09. The van der Waals surface area contributed by atoms with Crippen LogP contribution in [0.4, 0.5) is 0 Å². The van der Waals surface area contributed by atoms with Crippen LogP contribution in [0.1, 0.15) is 12.0 Å². The Morgan fingerprint density at radius 1 is 0.905 bits per heavy atom. The minimum atomic E-state index is 0.322. The quantitative estimate of drug-likeness (QED) is 0.793. The van der Waals surface area contributed by atoms with E-state index in [1.165, 1.54) is 0 Å². The maximum Gasteiger partial charge on any atom is 0.128 e. The lowest BCUT2D eigenvalue weighted by Gasteiger charge is -2.09. The summed E-state index contributed by atoms with van der Waals surface area (Å²) >= 11 is 0. The molecule has 0 bridgehead atoms. The van der Waals surface area contributed by atoms with Crippen molar-refractivity contribution in [2.75, 3.05) is 0 Å². The Balaban J connectivity index is 0.000000194. The highest BCUT2D eigenvalue weighted by molar-refractivity contribution is 5.89. The number of allylic oxidation sites excluding steroid dienone is 5. The number of aromatic hydroxyl groups is 1. The van der Waals surface area contributed by atoms with Crippen molar-refractivity contribution >= 4 is 11.5 Å². The standard InChI is InChI=1S/C13H10O.C6H6O/c14-10-12-8-4-5-9-13(12)11-6-2-1-3-7-11;7-6-4-2-1-3-5-6/h1-7,9H,8H2;1-5,7H. The molecule has 0 radical (unpaired) electrons. The molecule has 0 atom stereocenters. The zero-order chi connectivity index (χ0) is 14.9. The van der Waals surface area contributed by atoms with E-state index in [2.05, 4.69) is 0 Å². The van der Waals surface area contributed by atoms with Gasteiger partial charge in [-0.05, 0) is 23.3 Å². The van der Waals surface area contributed by atoms with Gasteiger partial charge < -0.3 is 5.11 Å². The van der Waals surface area contributed by atoms with Crippen LogP contribution < -0.4 is 0 Å². The average molecular weight is 276 g/mol. The molecule has 0 spiro atoms. The largest absolute Gasteiger partial charge is 0.508 e. The second-order valence-electron chi connectivity index (χ2n) is 4.49. The van der Waals surface area contributed by atoms with E-state index in [1.54, 1.807) is 24.3 Å². The SMILES string of the molecule is O=C=C1CC=CC=C1c1ccccc1.Oc1ccccc1. The summed E-state index contributed by atoms with van der Waals surface area (Å²) in [6.45, 7) is 0. The van der Waals surface area contributed by atoms with Crippen molar-refractivity contribution in [2.24, 2.45) is 0 Å². The third kappa shape index (κ3) is 4.34. The van der Waals surface area contributed by atoms with Crippen molar-refractivity contribution in [3.05, 3.63) is 90.0 Å². The van der Waals surface area contributed by atoms with Crippen molar-refractivity contribution in [1.82, 2.24) is 0 Å². The molecule has 2 aromatic carbocycles. The summed E-state index contributed by atoms with van der Waals surface area (Å²) in [6, 6.07) is 18.6. The third-order valence-electron chi connectivity index (χ3n) is 3.01. The van der Waals surface area contributed by atoms with Crippen LogP contribution in [0.25, 0.3) is 5.57 Å². The predicted molar refractivity (Wildman–Crippen MR) is 85.5 cm³/mol. The molecule has 1 N–H and O–H groups in total. The Kier molecular flexibility index (Phi) is 5.33. The van der Waals surface area contributed by atoms with Gasteiger partial charge in [-0.3, -0.25) is 0 Å². The van der Waals surface area contributed by atoms with Crippen molar-refractivity contribution in [3.8, 4) is 5.75 Å². The van der Waals surface area contributed by atoms with Gasteiger partial charge in [0.2, 0.25) is 0 Å². The fourth-order valence-electron chi connectivity index (χ4n) is 1.97. The van der Waals surface area contributed by atoms with Crippen molar-refractivity contribution in [3.63, 3.8) is 0 Å². The van der Waals surface area contributed by atoms with Crippen LogP contribution in [-0.4, -0.2) is 11.0 Å². The normalized spacial score (nSPS) is 12.8. The molecular formula is C19H16O2. The maximum absolute atomic E-state index is 10.7. The number of rotatable bonds is 1. The topological polar surface area (TPSA) is 37.3 Å². The molecule has 1 aliphatic carbocycles. The fraction of sp³-hybridized carbons (Fsp3) is 0.0526. The molecule has 104 valence electrons. The predicted octanol–water partition coefficient (Wildman–Crippen LogP) is 4.18. The first-order chi connectivity index (χ1) is 10.3. The molecule has 2 aromatic rings. The van der Waals surface area contributed by atoms with Gasteiger partial charge in [-0.2, -0.15) is 0 Å². The highest BCUT2D eigenvalue weighted by Crippen LogP contribution is 2.26. The molecular weight excluding hydrogens is 260 g/mol. The molecule has 0 fully saturated rings. The van der Waals surface area contributed by atoms with E-state index in [-0.39, 0.29) is 0 Å². The summed E-state index contributed by atoms with van der Waals surface area (Å²) in [5, 5.41) is 8.63. The Labute approximate surface area is 124 Å². The summed E-state index contributed by atoms with van der Waals surface area (Å²) in [5.41, 5.74) is 2.80. The molecule has 2 heteroatoms. The van der Waals surface area contributed by atoms with Gasteiger partial charge in [0, 0.05) is 12.0 Å². The molecule has 3 rings (SSSR count). The average Bonchev–Trinajstić information content (AvgIpc) is 2.57. The Bertz CT molecular complexity index is 676. The van der Waals surface area contributed by atoms with Gasteiger partial charge in [0.15, 0.2) is 0 Å². The van der Waals surface area contributed by atoms with Crippen LogP contribution >= 0.6 is 0 Å². The number of hydrogen-bond donors (Lipinski definition) is 1. The molecule has 1 aliphatic rings. The lowest BCUT2D eigenvalue weighted by molar-refractivity contribution is 0.475. The van der Waals surface area contributed by atoms with Gasteiger partial charge in [-0.25, -0.2) is 4.79 Å². The first-order valence-electron chi connectivity index (χ1n) is 6.72. The summed E-state index contributed by atoms with van der Waals surface area (Å²) in [4.78, 5) is 10.7. The maximum atomic E-state index is 10.7. The van der Waals surface area contributed by atoms with Crippen LogP contribution in [0.2, 0.25) is 0 Å². The second kappa shape index (κ2) is 7.68. The lowest BCUT2D eigenvalue weighted by Crippen LogP contribution is -1.93. The number of benzene rings is 2. The minimum absolute atomic E-state index is 0.322. The Hall–Kier alpha value is -2.83. The van der Waals surface area contributed by atoms with Crippen LogP contribution in [0.5, 0.6) is 5.75 Å². The van der Waals surface area contributed by atoms with E-state index in [1.807, 2.05) is 60.6 Å². The zero-order valence-electron chi connectivity index (χ0n) is 11.6. The summed E-state index contributed by atoms with van der Waals surface area (Å²) < 4.78 is 0. The smallest absolute Gasteiger partial charge is 0.128 e. The monoisotopic (exact) mass is 276 g/mol. The third-order valence-corrected chi connectivity index (χ3v) is 3.01. The van der Waals surface area contributed by atoms with Crippen molar-refractivity contribution in [2.45, 2.75) is 6.42 Å². The molecule has 0 saturated heterocycles. The molecule has 2 nitrogen and oxygen atoms in total. The van der Waals surface area contributed by atoms with E-state index in [9.17, 15) is 4.79 Å². The lowest BCUT2D eigenvalue weighted by atomic mass is 9.93. The summed E-state index contributed by atoms with van der Waals surface area (Å²) in [7, 11) is 0. The van der Waals surface area contributed by atoms with Gasteiger partial charge in [0.1, 0.15) is 11.7 Å². The minimum Gasteiger partial charge on any atom is -0.508 e. The van der Waals surface area contributed by atoms with E-state index in [0.717, 1.165) is 16.7 Å². The number of hydrogen-bond acceptors (Lipinski definition) is 2. The van der Waals surface area contributed by atoms with E-state index >= 15 is 0 Å². The second-order valence-corrected chi connectivity index (χ2v) is 4.49. The van der Waals surface area contributed by atoms with E-state index in [4.69, 9.17) is 5.11 Å². The van der Waals surface area contributed by atoms with Gasteiger partial charge in [0.25, 0.3) is 0 Å². The van der Waals surface area contributed by atoms with Gasteiger partial charge in [0.05, 0.1) is 0 Å². The molecule has 21 heavy (non-hydrogen) atoms. The van der Waals surface area contributed by atoms with Crippen LogP contribution in [0.3, 0.4) is 0 Å². The van der Waals surface area contributed by atoms with E-state index < -0.39 is 0 Å². The van der Waals surface area contributed by atoms with Gasteiger partial charge >= 0.3 is 0 Å². The van der Waals surface area contributed by atoms with Crippen molar-refractivity contribution < 1.29 is 9.90 Å². The molecule has 0 saturated carbocycles. The van der Waals surface area contributed by atoms with E-state index in [0.29, 0.717) is 12.2 Å². The highest BCUT2D eigenvalue weighted by atomic mass is 16.3. The molecule has 0 aliphatic heterocycles. The Morgan fingerprint density at radius 3 is 2.05 bits per heavy atom. The molecule has 0 heterocycles. The molecule has 0 aromatic heterocycles. The number of para-hydroxylation sites is 1. The first kappa shape index (κ1) is 14.6. The van der Waals surface area contributed by atoms with Gasteiger partial charge in [-0.1, -0.05) is 66.8 Å². The summed E-state index contributed by atoms with van der Waals surface area (Å²) in [5.74, 6) is 2.32. The van der Waals surface area contributed by atoms with Crippen LogP contribution in [-0.2, 0) is 4.79 Å². The summed E-state index contributed by atoms with van der Waals surface area (Å²) in [6.07, 6.45) is 6.58.